The number of ketones is 2. The van der Waals surface area contributed by atoms with Gasteiger partial charge in [0.15, 0.2) is 11.9 Å². The van der Waals surface area contributed by atoms with Crippen LogP contribution in [0.5, 0.6) is 0 Å². The van der Waals surface area contributed by atoms with E-state index >= 15 is 0 Å². The number of nitrogens with one attached hydrogen (secondary N) is 1. The Bertz CT molecular complexity index is 762. The minimum atomic E-state index is -0.985. The third-order valence-corrected chi connectivity index (χ3v) is 3.56. The van der Waals surface area contributed by atoms with Crippen molar-refractivity contribution in [3.05, 3.63) is 52.6 Å². The van der Waals surface area contributed by atoms with Crippen LogP contribution in [-0.4, -0.2) is 33.6 Å². The topological polar surface area (TPSA) is 89.1 Å². The summed E-state index contributed by atoms with van der Waals surface area (Å²) in [7, 11) is 0. The Morgan fingerprint density at radius 1 is 1.22 bits per heavy atom. The van der Waals surface area contributed by atoms with Crippen molar-refractivity contribution >= 4 is 17.5 Å². The van der Waals surface area contributed by atoms with E-state index in [0.717, 1.165) is 0 Å². The number of aryl methyl sites for hydroxylation is 1. The van der Waals surface area contributed by atoms with E-state index in [1.165, 1.54) is 26.1 Å². The quantitative estimate of drug-likeness (QED) is 0.677. The van der Waals surface area contributed by atoms with Crippen LogP contribution in [0.2, 0.25) is 0 Å². The number of hydrogen-bond acceptors (Lipinski definition) is 5. The van der Waals surface area contributed by atoms with E-state index < -0.39 is 12.1 Å². The van der Waals surface area contributed by atoms with Gasteiger partial charge in [-0.3, -0.25) is 9.59 Å². The summed E-state index contributed by atoms with van der Waals surface area (Å²) >= 11 is 0. The standard InChI is InChI=1S/C17H18N2O4/c1-9-14(11(3)20)10(2)19-15(9)16(21)12(4)23-17(22)13-7-5-6-8-18-13/h5-8,12,19H,1-4H3/t12-/m1/s1. The van der Waals surface area contributed by atoms with Crippen LogP contribution in [0.15, 0.2) is 24.4 Å². The highest BCUT2D eigenvalue weighted by Gasteiger charge is 2.26. The summed E-state index contributed by atoms with van der Waals surface area (Å²) in [6.45, 7) is 6.36. The molecule has 1 atom stereocenters. The molecule has 2 aromatic rings. The first-order valence-corrected chi connectivity index (χ1v) is 7.19. The average molecular weight is 314 g/mol. The van der Waals surface area contributed by atoms with Gasteiger partial charge < -0.3 is 9.72 Å². The number of esters is 1. The smallest absolute Gasteiger partial charge is 0.357 e. The van der Waals surface area contributed by atoms with Crippen molar-refractivity contribution in [1.82, 2.24) is 9.97 Å². The van der Waals surface area contributed by atoms with E-state index in [0.29, 0.717) is 16.8 Å². The number of carbonyl (C=O) groups is 3. The number of Topliss-reactive ketones (excluding diaryl/α,β-unsaturated/α-hetero) is 2. The van der Waals surface area contributed by atoms with Gasteiger partial charge in [0.05, 0.1) is 5.69 Å². The molecule has 6 nitrogen and oxygen atoms in total. The molecule has 0 saturated carbocycles. The van der Waals surface area contributed by atoms with Gasteiger partial charge in [-0.2, -0.15) is 0 Å². The van der Waals surface area contributed by atoms with Gasteiger partial charge in [-0.05, 0) is 45.4 Å². The lowest BCUT2D eigenvalue weighted by Gasteiger charge is -2.11. The molecule has 0 aromatic carbocycles. The molecule has 2 heterocycles. The Balaban J connectivity index is 2.19. The van der Waals surface area contributed by atoms with Crippen LogP contribution in [0.25, 0.3) is 0 Å². The van der Waals surface area contributed by atoms with Crippen LogP contribution in [0.1, 0.15) is 56.4 Å². The number of ether oxygens (including phenoxy) is 1. The van der Waals surface area contributed by atoms with Crippen LogP contribution >= 0.6 is 0 Å². The molecule has 2 rings (SSSR count). The molecule has 0 saturated heterocycles. The second kappa shape index (κ2) is 6.56. The molecule has 0 bridgehead atoms. The van der Waals surface area contributed by atoms with Crippen molar-refractivity contribution in [1.29, 1.82) is 0 Å². The summed E-state index contributed by atoms with van der Waals surface area (Å²) in [6.07, 6.45) is 0.488. The van der Waals surface area contributed by atoms with Gasteiger partial charge in [0, 0.05) is 17.5 Å². The molecule has 23 heavy (non-hydrogen) atoms. The molecule has 6 heteroatoms. The first-order valence-electron chi connectivity index (χ1n) is 7.19. The molecule has 0 amide bonds. The number of aromatic amines is 1. The maximum Gasteiger partial charge on any atom is 0.357 e. The van der Waals surface area contributed by atoms with Crippen molar-refractivity contribution in [3.63, 3.8) is 0 Å². The molecule has 0 aliphatic carbocycles. The summed E-state index contributed by atoms with van der Waals surface area (Å²) in [5.41, 5.74) is 2.11. The van der Waals surface area contributed by atoms with Gasteiger partial charge in [0.2, 0.25) is 5.78 Å². The van der Waals surface area contributed by atoms with Crippen LogP contribution in [0, 0.1) is 13.8 Å². The van der Waals surface area contributed by atoms with E-state index in [2.05, 4.69) is 9.97 Å². The van der Waals surface area contributed by atoms with Gasteiger partial charge in [-0.15, -0.1) is 0 Å². The Labute approximate surface area is 133 Å². The zero-order valence-electron chi connectivity index (χ0n) is 13.5. The molecule has 0 unspecified atom stereocenters. The maximum atomic E-state index is 12.5. The summed E-state index contributed by atoms with van der Waals surface area (Å²) in [5.74, 6) is -1.17. The highest BCUT2D eigenvalue weighted by Crippen LogP contribution is 2.20. The van der Waals surface area contributed by atoms with E-state index in [-0.39, 0.29) is 23.0 Å². The maximum absolute atomic E-state index is 12.5. The van der Waals surface area contributed by atoms with Crippen LogP contribution < -0.4 is 0 Å². The fraction of sp³-hybridized carbons (Fsp3) is 0.294. The highest BCUT2D eigenvalue weighted by molar-refractivity contribution is 6.05. The van der Waals surface area contributed by atoms with Crippen molar-refractivity contribution in [2.75, 3.05) is 0 Å². The number of nitrogens with zero attached hydrogens (tertiary/aromatic N) is 1. The zero-order valence-corrected chi connectivity index (χ0v) is 13.5. The van der Waals surface area contributed by atoms with E-state index in [9.17, 15) is 14.4 Å². The van der Waals surface area contributed by atoms with Crippen molar-refractivity contribution in [2.45, 2.75) is 33.8 Å². The number of hydrogen-bond donors (Lipinski definition) is 1. The van der Waals surface area contributed by atoms with E-state index in [4.69, 9.17) is 4.74 Å². The predicted molar refractivity (Wildman–Crippen MR) is 83.7 cm³/mol. The molecular formula is C17H18N2O4. The van der Waals surface area contributed by atoms with Gasteiger partial charge in [0.25, 0.3) is 0 Å². The Morgan fingerprint density at radius 3 is 2.43 bits per heavy atom. The predicted octanol–water partition coefficient (Wildman–Crippen LogP) is 2.66. The minimum absolute atomic E-state index is 0.117. The number of pyridine rings is 1. The summed E-state index contributed by atoms with van der Waals surface area (Å²) < 4.78 is 5.16. The second-order valence-corrected chi connectivity index (χ2v) is 5.31. The molecule has 2 aromatic heterocycles. The molecular weight excluding hydrogens is 296 g/mol. The largest absolute Gasteiger partial charge is 0.449 e. The Hall–Kier alpha value is -2.76. The van der Waals surface area contributed by atoms with Gasteiger partial charge in [-0.1, -0.05) is 6.07 Å². The highest BCUT2D eigenvalue weighted by atomic mass is 16.5. The summed E-state index contributed by atoms with van der Waals surface area (Å²) in [5, 5.41) is 0. The lowest BCUT2D eigenvalue weighted by Crippen LogP contribution is -2.25. The van der Waals surface area contributed by atoms with Gasteiger partial charge in [-0.25, -0.2) is 9.78 Å². The molecule has 0 fully saturated rings. The lowest BCUT2D eigenvalue weighted by molar-refractivity contribution is 0.0311. The third-order valence-electron chi connectivity index (χ3n) is 3.56. The third kappa shape index (κ3) is 3.36. The molecule has 1 N–H and O–H groups in total. The van der Waals surface area contributed by atoms with Crippen molar-refractivity contribution in [3.8, 4) is 0 Å². The second-order valence-electron chi connectivity index (χ2n) is 5.31. The Kier molecular flexibility index (Phi) is 4.74. The van der Waals surface area contributed by atoms with Crippen LogP contribution in [0.3, 0.4) is 0 Å². The SMILES string of the molecule is CC(=O)c1c(C)[nH]c(C(=O)[C@@H](C)OC(=O)c2ccccn2)c1C. The van der Waals surface area contributed by atoms with Crippen LogP contribution in [0.4, 0.5) is 0 Å². The Morgan fingerprint density at radius 2 is 1.91 bits per heavy atom. The number of rotatable bonds is 5. The minimum Gasteiger partial charge on any atom is -0.449 e. The molecule has 0 radical (unpaired) electrons. The van der Waals surface area contributed by atoms with Crippen molar-refractivity contribution < 1.29 is 19.1 Å². The number of carbonyl (C=O) groups excluding carboxylic acids is 3. The molecule has 120 valence electrons. The monoisotopic (exact) mass is 314 g/mol. The number of H-pyrrole nitrogens is 1. The molecule has 0 aliphatic heterocycles. The fourth-order valence-corrected chi connectivity index (χ4v) is 2.49. The summed E-state index contributed by atoms with van der Waals surface area (Å²) in [4.78, 5) is 42.9. The van der Waals surface area contributed by atoms with Gasteiger partial charge in [0.1, 0.15) is 5.69 Å². The normalized spacial score (nSPS) is 11.8. The van der Waals surface area contributed by atoms with Gasteiger partial charge >= 0.3 is 5.97 Å². The molecule has 0 spiro atoms. The molecule has 0 aliphatic rings. The van der Waals surface area contributed by atoms with Crippen LogP contribution in [-0.2, 0) is 4.74 Å². The zero-order chi connectivity index (χ0) is 17.1. The fourth-order valence-electron chi connectivity index (χ4n) is 2.49. The number of aromatic nitrogens is 2. The van der Waals surface area contributed by atoms with E-state index in [1.807, 2.05) is 0 Å². The summed E-state index contributed by atoms with van der Waals surface area (Å²) in [6, 6.07) is 4.85. The lowest BCUT2D eigenvalue weighted by atomic mass is 10.0. The van der Waals surface area contributed by atoms with Crippen molar-refractivity contribution in [2.24, 2.45) is 0 Å². The average Bonchev–Trinajstić information content (AvgIpc) is 2.82. The van der Waals surface area contributed by atoms with E-state index in [1.54, 1.807) is 26.0 Å². The first-order chi connectivity index (χ1) is 10.8. The first kappa shape index (κ1) is 16.6.